The van der Waals surface area contributed by atoms with Gasteiger partial charge in [-0.2, -0.15) is 0 Å². The molecule has 0 radical (unpaired) electrons. The minimum absolute atomic E-state index is 0.315. The van der Waals surface area contributed by atoms with Crippen molar-refractivity contribution in [3.8, 4) is 11.5 Å². The fourth-order valence-corrected chi connectivity index (χ4v) is 4.00. The predicted molar refractivity (Wildman–Crippen MR) is 149 cm³/mol. The number of hydrogen-bond donors (Lipinski definition) is 2. The quantitative estimate of drug-likeness (QED) is 0.301. The molecule has 0 saturated heterocycles. The number of carbonyl (C=O) groups excluding carboxylic acids is 2. The number of hydrogen-bond acceptors (Lipinski definition) is 8. The fraction of sp³-hybridized carbons (Fsp3) is 0.429. The van der Waals surface area contributed by atoms with Crippen LogP contribution in [-0.4, -0.2) is 81.9 Å². The van der Waals surface area contributed by atoms with Crippen LogP contribution in [0.15, 0.2) is 36.9 Å². The zero-order chi connectivity index (χ0) is 27.7. The highest BCUT2D eigenvalue weighted by Gasteiger charge is 2.14. The van der Waals surface area contributed by atoms with E-state index in [1.807, 2.05) is 12.4 Å². The summed E-state index contributed by atoms with van der Waals surface area (Å²) in [7, 11) is 4.17. The van der Waals surface area contributed by atoms with Crippen LogP contribution in [0.5, 0.6) is 11.5 Å². The molecule has 0 fully saturated rings. The average molecular weight is 523 g/mol. The van der Waals surface area contributed by atoms with E-state index in [0.29, 0.717) is 11.5 Å². The van der Waals surface area contributed by atoms with Gasteiger partial charge in [0.05, 0.1) is 10.8 Å². The molecule has 0 saturated carbocycles. The zero-order valence-corrected chi connectivity index (χ0v) is 23.1. The molecule has 38 heavy (non-hydrogen) atoms. The largest absolute Gasteiger partial charge is 0.426 e. The molecule has 0 unspecified atom stereocenters. The third-order valence-electron chi connectivity index (χ3n) is 6.35. The molecule has 10 nitrogen and oxygen atoms in total. The molecule has 4 rings (SSSR count). The topological polar surface area (TPSA) is 116 Å². The Morgan fingerprint density at radius 2 is 1.16 bits per heavy atom. The number of aromatic nitrogens is 4. The Kier molecular flexibility index (Phi) is 10.4. The second-order valence-electron chi connectivity index (χ2n) is 9.17. The summed E-state index contributed by atoms with van der Waals surface area (Å²) >= 11 is 0. The summed E-state index contributed by atoms with van der Waals surface area (Å²) in [4.78, 5) is 41.5. The number of H-pyrrole nitrogens is 2. The zero-order valence-electron chi connectivity index (χ0n) is 23.1. The van der Waals surface area contributed by atoms with E-state index in [9.17, 15) is 9.59 Å². The van der Waals surface area contributed by atoms with Gasteiger partial charge < -0.3 is 29.2 Å². The lowest BCUT2D eigenvalue weighted by molar-refractivity contribution is -0.132. The summed E-state index contributed by atoms with van der Waals surface area (Å²) in [5.74, 6) is 0.524. The van der Waals surface area contributed by atoms with E-state index in [2.05, 4.69) is 57.7 Å². The Morgan fingerprint density at radius 3 is 1.50 bits per heavy atom. The summed E-state index contributed by atoms with van der Waals surface area (Å²) in [6, 6.07) is 3.45. The van der Waals surface area contributed by atoms with Gasteiger partial charge >= 0.3 is 11.9 Å². The van der Waals surface area contributed by atoms with Gasteiger partial charge in [0.15, 0.2) is 0 Å². The van der Waals surface area contributed by atoms with Crippen molar-refractivity contribution in [2.45, 2.75) is 40.5 Å². The molecule has 10 heteroatoms. The highest BCUT2D eigenvalue weighted by Crippen LogP contribution is 2.29. The van der Waals surface area contributed by atoms with Crippen molar-refractivity contribution >= 4 is 34.0 Å². The van der Waals surface area contributed by atoms with Crippen molar-refractivity contribution in [2.75, 3.05) is 40.3 Å². The molecule has 0 aliphatic carbocycles. The number of fused-ring (bicyclic) bond motifs is 2. The SMILES string of the molecule is CCN(C)CCc1c[nH]c2nccc(OC(C)=O)c12.CCN(C)CCc1c[nH]c2nccc(OC(C)=O)c12. The number of likely N-dealkylation sites (N-methyl/N-ethyl adjacent to an activating group) is 2. The van der Waals surface area contributed by atoms with Gasteiger partial charge in [-0.1, -0.05) is 13.8 Å². The van der Waals surface area contributed by atoms with Crippen LogP contribution in [0.4, 0.5) is 0 Å². The summed E-state index contributed by atoms with van der Waals surface area (Å²) in [6.45, 7) is 11.0. The number of pyridine rings is 2. The van der Waals surface area contributed by atoms with Gasteiger partial charge in [0, 0.05) is 63.9 Å². The van der Waals surface area contributed by atoms with Gasteiger partial charge in [-0.3, -0.25) is 9.59 Å². The average Bonchev–Trinajstić information content (AvgIpc) is 3.51. The molecule has 4 heterocycles. The third-order valence-corrected chi connectivity index (χ3v) is 6.35. The molecule has 4 aromatic rings. The van der Waals surface area contributed by atoms with Crippen LogP contribution in [0.2, 0.25) is 0 Å². The number of esters is 2. The summed E-state index contributed by atoms with van der Waals surface area (Å²) in [5, 5.41) is 1.81. The first-order valence-electron chi connectivity index (χ1n) is 12.9. The molecular weight excluding hydrogens is 484 g/mol. The summed E-state index contributed by atoms with van der Waals surface area (Å²) < 4.78 is 10.5. The first kappa shape index (κ1) is 28.8. The van der Waals surface area contributed by atoms with E-state index in [-0.39, 0.29) is 11.9 Å². The second kappa shape index (κ2) is 13.7. The van der Waals surface area contributed by atoms with Crippen molar-refractivity contribution in [2.24, 2.45) is 0 Å². The third kappa shape index (κ3) is 7.62. The maximum Gasteiger partial charge on any atom is 0.308 e. The molecule has 0 amide bonds. The van der Waals surface area contributed by atoms with Gasteiger partial charge in [-0.15, -0.1) is 0 Å². The molecule has 4 aromatic heterocycles. The molecule has 0 aliphatic heterocycles. The van der Waals surface area contributed by atoms with Gasteiger partial charge in [0.2, 0.25) is 0 Å². The highest BCUT2D eigenvalue weighted by atomic mass is 16.5. The van der Waals surface area contributed by atoms with E-state index in [4.69, 9.17) is 9.47 Å². The molecule has 0 spiro atoms. The Hall–Kier alpha value is -3.76. The van der Waals surface area contributed by atoms with Gasteiger partial charge in [0.1, 0.15) is 22.8 Å². The van der Waals surface area contributed by atoms with Crippen LogP contribution in [0.25, 0.3) is 22.1 Å². The predicted octanol–water partition coefficient (Wildman–Crippen LogP) is 3.96. The van der Waals surface area contributed by atoms with E-state index >= 15 is 0 Å². The number of ether oxygens (including phenoxy) is 2. The van der Waals surface area contributed by atoms with Crippen molar-refractivity contribution < 1.29 is 19.1 Å². The highest BCUT2D eigenvalue weighted by molar-refractivity contribution is 5.89. The lowest BCUT2D eigenvalue weighted by Gasteiger charge is -2.13. The van der Waals surface area contributed by atoms with Crippen LogP contribution >= 0.6 is 0 Å². The Balaban J connectivity index is 0.000000211. The van der Waals surface area contributed by atoms with E-state index in [1.54, 1.807) is 24.5 Å². The lowest BCUT2D eigenvalue weighted by Crippen LogP contribution is -2.20. The van der Waals surface area contributed by atoms with E-state index in [0.717, 1.165) is 72.2 Å². The Bertz CT molecular complexity index is 1260. The number of rotatable bonds is 10. The van der Waals surface area contributed by atoms with E-state index < -0.39 is 0 Å². The smallest absolute Gasteiger partial charge is 0.308 e. The lowest BCUT2D eigenvalue weighted by atomic mass is 10.1. The molecule has 204 valence electrons. The van der Waals surface area contributed by atoms with Crippen LogP contribution in [0.3, 0.4) is 0 Å². The number of nitrogens with one attached hydrogen (secondary N) is 2. The first-order valence-corrected chi connectivity index (χ1v) is 12.9. The Morgan fingerprint density at radius 1 is 0.763 bits per heavy atom. The van der Waals surface area contributed by atoms with Crippen LogP contribution < -0.4 is 9.47 Å². The molecule has 0 atom stereocenters. The minimum Gasteiger partial charge on any atom is -0.426 e. The van der Waals surface area contributed by atoms with Gasteiger partial charge in [-0.05, 0) is 51.2 Å². The fourth-order valence-electron chi connectivity index (χ4n) is 4.00. The van der Waals surface area contributed by atoms with Crippen molar-refractivity contribution in [1.29, 1.82) is 0 Å². The van der Waals surface area contributed by atoms with Crippen molar-refractivity contribution in [3.63, 3.8) is 0 Å². The number of nitrogens with zero attached hydrogens (tertiary/aromatic N) is 4. The normalized spacial score (nSPS) is 11.2. The monoisotopic (exact) mass is 522 g/mol. The Labute approximate surface area is 223 Å². The van der Waals surface area contributed by atoms with E-state index in [1.165, 1.54) is 13.8 Å². The summed E-state index contributed by atoms with van der Waals surface area (Å²) in [5.41, 5.74) is 3.76. The maximum atomic E-state index is 11.1. The second-order valence-corrected chi connectivity index (χ2v) is 9.17. The van der Waals surface area contributed by atoms with Crippen LogP contribution in [0.1, 0.15) is 38.8 Å². The van der Waals surface area contributed by atoms with Crippen LogP contribution in [-0.2, 0) is 22.4 Å². The molecular formula is C28H38N6O4. The molecule has 2 N–H and O–H groups in total. The maximum absolute atomic E-state index is 11.1. The molecule has 0 aromatic carbocycles. The standard InChI is InChI=1S/2C14H19N3O2/c2*1-4-17(3)8-6-11-9-16-14-13(11)12(5-7-15-14)19-10(2)18/h2*5,7,9H,4,6,8H2,1-3H3,(H,15,16). The summed E-state index contributed by atoms with van der Waals surface area (Å²) in [6.07, 6.45) is 8.94. The minimum atomic E-state index is -0.315. The first-order chi connectivity index (χ1) is 18.2. The van der Waals surface area contributed by atoms with Crippen LogP contribution in [0, 0.1) is 0 Å². The van der Waals surface area contributed by atoms with Crippen molar-refractivity contribution in [3.05, 3.63) is 48.0 Å². The van der Waals surface area contributed by atoms with Gasteiger partial charge in [-0.25, -0.2) is 9.97 Å². The van der Waals surface area contributed by atoms with Crippen molar-refractivity contribution in [1.82, 2.24) is 29.7 Å². The number of carbonyl (C=O) groups is 2. The van der Waals surface area contributed by atoms with Gasteiger partial charge in [0.25, 0.3) is 0 Å². The molecule has 0 bridgehead atoms. The molecule has 0 aliphatic rings. The number of aromatic amines is 2.